The number of carbonyl (C=O) groups is 1. The fourth-order valence-corrected chi connectivity index (χ4v) is 3.15. The molecule has 1 N–H and O–H groups in total. The normalized spacial score (nSPS) is 10.8. The maximum atomic E-state index is 12.0. The number of carbonyl (C=O) groups excluding carboxylic acids is 1. The van der Waals surface area contributed by atoms with Crippen LogP contribution in [0, 0.1) is 0 Å². The second-order valence-electron chi connectivity index (χ2n) is 6.43. The van der Waals surface area contributed by atoms with Gasteiger partial charge in [0.05, 0.1) is 19.7 Å². The molecule has 0 atom stereocenters. The predicted molar refractivity (Wildman–Crippen MR) is 122 cm³/mol. The van der Waals surface area contributed by atoms with Crippen molar-refractivity contribution in [2.24, 2.45) is 5.10 Å². The van der Waals surface area contributed by atoms with Crippen LogP contribution in [-0.4, -0.2) is 19.2 Å². The second kappa shape index (κ2) is 10.8. The predicted octanol–water partition coefficient (Wildman–Crippen LogP) is 5.38. The zero-order valence-electron chi connectivity index (χ0n) is 16.3. The lowest BCUT2D eigenvalue weighted by atomic mass is 10.1. The highest BCUT2D eigenvalue weighted by atomic mass is 79.9. The summed E-state index contributed by atoms with van der Waals surface area (Å²) in [5.74, 6) is 0.984. The quantitative estimate of drug-likeness (QED) is 0.343. The number of rotatable bonds is 8. The lowest BCUT2D eigenvalue weighted by molar-refractivity contribution is -0.120. The first-order valence-corrected chi connectivity index (χ1v) is 10.3. The van der Waals surface area contributed by atoms with E-state index in [9.17, 15) is 4.79 Å². The van der Waals surface area contributed by atoms with Gasteiger partial charge in [-0.3, -0.25) is 4.79 Å². The van der Waals surface area contributed by atoms with Crippen LogP contribution in [0.15, 0.2) is 76.3 Å². The number of nitrogens with zero attached hydrogens (tertiary/aromatic N) is 1. The highest BCUT2D eigenvalue weighted by Gasteiger charge is 2.06. The summed E-state index contributed by atoms with van der Waals surface area (Å²) in [5, 5.41) is 4.68. The van der Waals surface area contributed by atoms with E-state index < -0.39 is 0 Å². The van der Waals surface area contributed by atoms with Crippen LogP contribution in [0.4, 0.5) is 0 Å². The summed E-state index contributed by atoms with van der Waals surface area (Å²) in [6.07, 6.45) is 1.81. The number of hydrazone groups is 1. The Morgan fingerprint density at radius 1 is 1.07 bits per heavy atom. The van der Waals surface area contributed by atoms with Crippen molar-refractivity contribution in [1.82, 2.24) is 5.43 Å². The van der Waals surface area contributed by atoms with Crippen LogP contribution < -0.4 is 14.9 Å². The maximum Gasteiger partial charge on any atom is 0.244 e. The van der Waals surface area contributed by atoms with E-state index in [1.54, 1.807) is 25.5 Å². The first-order valence-electron chi connectivity index (χ1n) is 9.15. The van der Waals surface area contributed by atoms with Crippen molar-refractivity contribution in [2.45, 2.75) is 13.0 Å². The molecule has 0 bridgehead atoms. The standard InChI is InChI=1S/C23H20BrClN2O3/c1-29-22-12-17(7-10-21(22)30-15-18-3-2-4-20(25)11-18)14-26-27-23(28)13-16-5-8-19(24)9-6-16/h2-12,14H,13,15H2,1H3,(H,27,28)/b26-14+. The Kier molecular flexibility index (Phi) is 7.88. The Bertz CT molecular complexity index is 1040. The molecule has 30 heavy (non-hydrogen) atoms. The molecule has 0 spiro atoms. The van der Waals surface area contributed by atoms with E-state index in [1.807, 2.05) is 54.6 Å². The highest BCUT2D eigenvalue weighted by molar-refractivity contribution is 9.10. The van der Waals surface area contributed by atoms with Crippen molar-refractivity contribution >= 4 is 39.7 Å². The molecule has 0 heterocycles. The lowest BCUT2D eigenvalue weighted by Gasteiger charge is -2.11. The summed E-state index contributed by atoms with van der Waals surface area (Å²) in [4.78, 5) is 12.0. The molecule has 0 saturated heterocycles. The van der Waals surface area contributed by atoms with Crippen LogP contribution in [0.5, 0.6) is 11.5 Å². The van der Waals surface area contributed by atoms with Crippen molar-refractivity contribution in [3.8, 4) is 11.5 Å². The zero-order valence-corrected chi connectivity index (χ0v) is 18.6. The molecule has 5 nitrogen and oxygen atoms in total. The van der Waals surface area contributed by atoms with Crippen molar-refractivity contribution in [3.63, 3.8) is 0 Å². The third-order valence-electron chi connectivity index (χ3n) is 4.15. The Balaban J connectivity index is 1.57. The summed E-state index contributed by atoms with van der Waals surface area (Å²) < 4.78 is 12.2. The molecule has 0 aromatic heterocycles. The Morgan fingerprint density at radius 3 is 2.60 bits per heavy atom. The topological polar surface area (TPSA) is 59.9 Å². The second-order valence-corrected chi connectivity index (χ2v) is 7.78. The minimum absolute atomic E-state index is 0.193. The Labute approximate surface area is 188 Å². The number of nitrogens with one attached hydrogen (secondary N) is 1. The molecule has 0 radical (unpaired) electrons. The fraction of sp³-hybridized carbons (Fsp3) is 0.130. The first-order chi connectivity index (χ1) is 14.5. The van der Waals surface area contributed by atoms with Gasteiger partial charge in [0.1, 0.15) is 6.61 Å². The molecular weight excluding hydrogens is 468 g/mol. The number of methoxy groups -OCH3 is 1. The number of benzene rings is 3. The number of ether oxygens (including phenoxy) is 2. The molecule has 0 aliphatic heterocycles. The van der Waals surface area contributed by atoms with Crippen LogP contribution in [0.25, 0.3) is 0 Å². The molecule has 0 aliphatic rings. The summed E-state index contributed by atoms with van der Waals surface area (Å²) >= 11 is 9.37. The van der Waals surface area contributed by atoms with Gasteiger partial charge in [-0.1, -0.05) is 51.8 Å². The fourth-order valence-electron chi connectivity index (χ4n) is 2.68. The summed E-state index contributed by atoms with van der Waals surface area (Å²) in [6, 6.07) is 20.5. The summed E-state index contributed by atoms with van der Waals surface area (Å²) in [7, 11) is 1.57. The van der Waals surface area contributed by atoms with Crippen LogP contribution >= 0.6 is 27.5 Å². The van der Waals surface area contributed by atoms with Gasteiger partial charge in [0.15, 0.2) is 11.5 Å². The van der Waals surface area contributed by atoms with Crippen molar-refractivity contribution in [1.29, 1.82) is 0 Å². The lowest BCUT2D eigenvalue weighted by Crippen LogP contribution is -2.19. The molecule has 154 valence electrons. The van der Waals surface area contributed by atoms with Gasteiger partial charge >= 0.3 is 0 Å². The average molecular weight is 488 g/mol. The Morgan fingerprint density at radius 2 is 1.87 bits per heavy atom. The molecule has 7 heteroatoms. The van der Waals surface area contributed by atoms with Crippen molar-refractivity contribution in [2.75, 3.05) is 7.11 Å². The average Bonchev–Trinajstić information content (AvgIpc) is 2.74. The van der Waals surface area contributed by atoms with E-state index in [1.165, 1.54) is 0 Å². The van der Waals surface area contributed by atoms with Gasteiger partial charge < -0.3 is 9.47 Å². The van der Waals surface area contributed by atoms with Gasteiger partial charge in [0.2, 0.25) is 5.91 Å². The SMILES string of the molecule is COc1cc(/C=N/NC(=O)Cc2ccc(Br)cc2)ccc1OCc1cccc(Cl)c1. The molecule has 0 saturated carbocycles. The van der Waals surface area contributed by atoms with Gasteiger partial charge in [0.25, 0.3) is 0 Å². The number of halogens is 2. The molecule has 0 unspecified atom stereocenters. The van der Waals surface area contributed by atoms with E-state index >= 15 is 0 Å². The smallest absolute Gasteiger partial charge is 0.244 e. The number of amides is 1. The third kappa shape index (κ3) is 6.61. The first kappa shape index (κ1) is 21.9. The van der Waals surface area contributed by atoms with Crippen LogP contribution in [0.3, 0.4) is 0 Å². The maximum absolute atomic E-state index is 12.0. The largest absolute Gasteiger partial charge is 0.493 e. The molecule has 0 aliphatic carbocycles. The molecule has 3 rings (SSSR count). The van der Waals surface area contributed by atoms with Crippen molar-refractivity contribution in [3.05, 3.63) is 92.9 Å². The number of hydrogen-bond donors (Lipinski definition) is 1. The van der Waals surface area contributed by atoms with E-state index in [2.05, 4.69) is 26.5 Å². The summed E-state index contributed by atoms with van der Waals surface area (Å²) in [5.41, 5.74) is 5.17. The molecule has 0 fully saturated rings. The molecule has 3 aromatic rings. The highest BCUT2D eigenvalue weighted by Crippen LogP contribution is 2.28. The minimum Gasteiger partial charge on any atom is -0.493 e. The number of hydrogen-bond acceptors (Lipinski definition) is 4. The van der Waals surface area contributed by atoms with Gasteiger partial charge in [-0.25, -0.2) is 5.43 Å². The van der Waals surface area contributed by atoms with Crippen molar-refractivity contribution < 1.29 is 14.3 Å². The van der Waals surface area contributed by atoms with Gasteiger partial charge in [0, 0.05) is 9.50 Å². The molecule has 1 amide bonds. The van der Waals surface area contributed by atoms with Gasteiger partial charge in [-0.05, 0) is 59.2 Å². The molecule has 3 aromatic carbocycles. The van der Waals surface area contributed by atoms with Gasteiger partial charge in [-0.15, -0.1) is 0 Å². The Hall–Kier alpha value is -2.83. The van der Waals surface area contributed by atoms with Crippen LogP contribution in [0.2, 0.25) is 5.02 Å². The van der Waals surface area contributed by atoms with E-state index in [4.69, 9.17) is 21.1 Å². The van der Waals surface area contributed by atoms with E-state index in [-0.39, 0.29) is 12.3 Å². The summed E-state index contributed by atoms with van der Waals surface area (Å²) in [6.45, 7) is 0.371. The molecular formula is C23H20BrClN2O3. The van der Waals surface area contributed by atoms with Crippen LogP contribution in [-0.2, 0) is 17.8 Å². The van der Waals surface area contributed by atoms with Crippen LogP contribution in [0.1, 0.15) is 16.7 Å². The van der Waals surface area contributed by atoms with Gasteiger partial charge in [-0.2, -0.15) is 5.10 Å². The third-order valence-corrected chi connectivity index (χ3v) is 4.92. The minimum atomic E-state index is -0.193. The zero-order chi connectivity index (χ0) is 21.3. The van der Waals surface area contributed by atoms with E-state index in [0.717, 1.165) is 21.2 Å². The van der Waals surface area contributed by atoms with E-state index in [0.29, 0.717) is 23.1 Å². The monoisotopic (exact) mass is 486 g/mol.